The molecule has 28 heavy (non-hydrogen) atoms. The molecule has 1 atom stereocenters. The molecule has 1 aromatic rings. The van der Waals surface area contributed by atoms with E-state index in [0.717, 1.165) is 0 Å². The Morgan fingerprint density at radius 2 is 1.89 bits per heavy atom. The third-order valence-corrected chi connectivity index (χ3v) is 4.67. The number of methoxy groups -OCH3 is 2. The summed E-state index contributed by atoms with van der Waals surface area (Å²) < 4.78 is 21.5. The lowest BCUT2D eigenvalue weighted by atomic mass is 9.77. The van der Waals surface area contributed by atoms with Crippen LogP contribution < -0.4 is 19.9 Å². The van der Waals surface area contributed by atoms with Crippen LogP contribution in [0.3, 0.4) is 0 Å². The van der Waals surface area contributed by atoms with E-state index in [0.29, 0.717) is 36.2 Å². The third kappa shape index (κ3) is 3.27. The maximum absolute atomic E-state index is 12.7. The molecule has 1 aromatic carbocycles. The van der Waals surface area contributed by atoms with Crippen molar-refractivity contribution in [3.63, 3.8) is 0 Å². The molecule has 0 bridgehead atoms. The molecule has 1 aliphatic heterocycles. The highest BCUT2D eigenvalue weighted by Crippen LogP contribution is 2.47. The van der Waals surface area contributed by atoms with Gasteiger partial charge in [-0.15, -0.1) is 0 Å². The van der Waals surface area contributed by atoms with Crippen molar-refractivity contribution >= 4 is 11.8 Å². The number of Topliss-reactive ketones (excluding diaryl/α,β-unsaturated/α-hetero) is 1. The fourth-order valence-electron chi connectivity index (χ4n) is 3.50. The van der Waals surface area contributed by atoms with E-state index in [1.54, 1.807) is 12.1 Å². The van der Waals surface area contributed by atoms with Gasteiger partial charge in [-0.25, -0.2) is 0 Å². The van der Waals surface area contributed by atoms with Gasteiger partial charge in [0.15, 0.2) is 17.3 Å². The van der Waals surface area contributed by atoms with Crippen LogP contribution in [0.25, 0.3) is 0 Å². The van der Waals surface area contributed by atoms with Crippen LogP contribution in [-0.4, -0.2) is 26.0 Å². The van der Waals surface area contributed by atoms with Crippen molar-refractivity contribution in [3.05, 3.63) is 40.5 Å². The van der Waals surface area contributed by atoms with Crippen molar-refractivity contribution in [2.45, 2.75) is 32.1 Å². The van der Waals surface area contributed by atoms with E-state index in [9.17, 15) is 14.9 Å². The molecule has 146 valence electrons. The van der Waals surface area contributed by atoms with E-state index in [1.807, 2.05) is 0 Å². The average molecular weight is 384 g/mol. The molecule has 0 aromatic heterocycles. The average Bonchev–Trinajstić information content (AvgIpc) is 2.66. The van der Waals surface area contributed by atoms with Crippen molar-refractivity contribution < 1.29 is 28.5 Å². The standard InChI is InChI=1S/C20H20N2O6/c1-10(23)27-19-15(25-2)7-11(8-16(19)26-3)17-12(9-21)20(22)28-14-6-4-5-13(24)18(14)17/h7-8,17H,4-6,22H2,1-3H3. The molecule has 8 nitrogen and oxygen atoms in total. The van der Waals surface area contributed by atoms with Gasteiger partial charge in [-0.3, -0.25) is 9.59 Å². The zero-order valence-electron chi connectivity index (χ0n) is 15.8. The SMILES string of the molecule is COc1cc(C2C(C#N)=C(N)OC3=C2C(=O)CCC3)cc(OC)c1OC(C)=O. The van der Waals surface area contributed by atoms with E-state index in [2.05, 4.69) is 6.07 Å². The van der Waals surface area contributed by atoms with Crippen LogP contribution in [0.5, 0.6) is 17.2 Å². The summed E-state index contributed by atoms with van der Waals surface area (Å²) in [7, 11) is 2.84. The van der Waals surface area contributed by atoms with Crippen LogP contribution in [0.15, 0.2) is 34.9 Å². The van der Waals surface area contributed by atoms with Crippen LogP contribution in [0.1, 0.15) is 37.7 Å². The number of carbonyl (C=O) groups is 2. The summed E-state index contributed by atoms with van der Waals surface area (Å²) in [6, 6.07) is 5.26. The second-order valence-electron chi connectivity index (χ2n) is 6.39. The van der Waals surface area contributed by atoms with Crippen molar-refractivity contribution in [3.8, 4) is 23.3 Å². The van der Waals surface area contributed by atoms with Gasteiger partial charge in [0.05, 0.1) is 20.1 Å². The van der Waals surface area contributed by atoms with E-state index in [4.69, 9.17) is 24.7 Å². The van der Waals surface area contributed by atoms with Crippen molar-refractivity contribution in [2.75, 3.05) is 14.2 Å². The van der Waals surface area contributed by atoms with Crippen LogP contribution in [0, 0.1) is 11.3 Å². The Bertz CT molecular complexity index is 929. The lowest BCUT2D eigenvalue weighted by Gasteiger charge is -2.31. The largest absolute Gasteiger partial charge is 0.493 e. The van der Waals surface area contributed by atoms with Crippen LogP contribution in [0.2, 0.25) is 0 Å². The highest BCUT2D eigenvalue weighted by atomic mass is 16.6. The summed E-state index contributed by atoms with van der Waals surface area (Å²) in [4.78, 5) is 24.1. The Hall–Kier alpha value is -3.47. The van der Waals surface area contributed by atoms with Crippen LogP contribution in [-0.2, 0) is 14.3 Å². The predicted octanol–water partition coefficient (Wildman–Crippen LogP) is 2.44. The number of hydrogen-bond acceptors (Lipinski definition) is 8. The van der Waals surface area contributed by atoms with Gasteiger partial charge < -0.3 is 24.7 Å². The minimum absolute atomic E-state index is 0.0250. The lowest BCUT2D eigenvalue weighted by molar-refractivity contribution is -0.132. The summed E-state index contributed by atoms with van der Waals surface area (Å²) >= 11 is 0. The van der Waals surface area contributed by atoms with Gasteiger partial charge in [0.1, 0.15) is 17.4 Å². The van der Waals surface area contributed by atoms with E-state index in [1.165, 1.54) is 21.1 Å². The topological polar surface area (TPSA) is 121 Å². The van der Waals surface area contributed by atoms with Gasteiger partial charge in [0.25, 0.3) is 0 Å². The second kappa shape index (κ2) is 7.64. The number of allylic oxidation sites excluding steroid dienone is 3. The summed E-state index contributed by atoms with van der Waals surface area (Å²) in [5.74, 6) is -0.292. The molecule has 0 saturated carbocycles. The van der Waals surface area contributed by atoms with Gasteiger partial charge in [-0.2, -0.15) is 5.26 Å². The Morgan fingerprint density at radius 3 is 2.43 bits per heavy atom. The fraction of sp³-hybridized carbons (Fsp3) is 0.350. The summed E-state index contributed by atoms with van der Waals surface area (Å²) in [5.41, 5.74) is 7.07. The van der Waals surface area contributed by atoms with E-state index in [-0.39, 0.29) is 34.5 Å². The molecule has 1 heterocycles. The summed E-state index contributed by atoms with van der Waals surface area (Å²) in [6.45, 7) is 1.26. The number of ketones is 1. The Balaban J connectivity index is 2.23. The molecule has 1 aliphatic carbocycles. The molecule has 0 amide bonds. The molecule has 2 aliphatic rings. The first-order valence-corrected chi connectivity index (χ1v) is 8.69. The number of nitriles is 1. The minimum atomic E-state index is -0.712. The first-order chi connectivity index (χ1) is 13.4. The normalized spacial score (nSPS) is 18.8. The smallest absolute Gasteiger partial charge is 0.308 e. The first-order valence-electron chi connectivity index (χ1n) is 8.69. The number of rotatable bonds is 4. The molecule has 0 saturated heterocycles. The van der Waals surface area contributed by atoms with Gasteiger partial charge in [-0.1, -0.05) is 0 Å². The van der Waals surface area contributed by atoms with Crippen molar-refractivity contribution in [1.82, 2.24) is 0 Å². The Morgan fingerprint density at radius 1 is 1.25 bits per heavy atom. The van der Waals surface area contributed by atoms with Crippen molar-refractivity contribution in [2.24, 2.45) is 5.73 Å². The number of ether oxygens (including phenoxy) is 4. The van der Waals surface area contributed by atoms with Gasteiger partial charge in [-0.05, 0) is 24.1 Å². The molecular formula is C20H20N2O6. The summed E-state index contributed by atoms with van der Waals surface area (Å²) in [6.07, 6.45) is 1.60. The van der Waals surface area contributed by atoms with E-state index < -0.39 is 11.9 Å². The Labute approximate surface area is 162 Å². The van der Waals surface area contributed by atoms with Gasteiger partial charge >= 0.3 is 5.97 Å². The van der Waals surface area contributed by atoms with Crippen molar-refractivity contribution in [1.29, 1.82) is 5.26 Å². The number of hydrogen-bond donors (Lipinski definition) is 1. The Kier molecular flexibility index (Phi) is 5.27. The highest BCUT2D eigenvalue weighted by Gasteiger charge is 2.38. The zero-order chi connectivity index (χ0) is 20.4. The maximum Gasteiger partial charge on any atom is 0.308 e. The number of esters is 1. The van der Waals surface area contributed by atoms with E-state index >= 15 is 0 Å². The molecule has 3 rings (SSSR count). The maximum atomic E-state index is 12.7. The molecule has 0 spiro atoms. The predicted molar refractivity (Wildman–Crippen MR) is 97.4 cm³/mol. The van der Waals surface area contributed by atoms with Gasteiger partial charge in [0.2, 0.25) is 11.6 Å². The molecule has 0 fully saturated rings. The molecule has 0 radical (unpaired) electrons. The number of carbonyl (C=O) groups excluding carboxylic acids is 2. The quantitative estimate of drug-likeness (QED) is 0.621. The molecular weight excluding hydrogens is 364 g/mol. The number of benzene rings is 1. The second-order valence-corrected chi connectivity index (χ2v) is 6.39. The highest BCUT2D eigenvalue weighted by molar-refractivity contribution is 5.99. The molecule has 1 unspecified atom stereocenters. The fourth-order valence-corrected chi connectivity index (χ4v) is 3.50. The number of nitrogens with zero attached hydrogens (tertiary/aromatic N) is 1. The molecule has 8 heteroatoms. The number of nitrogens with two attached hydrogens (primary N) is 1. The monoisotopic (exact) mass is 384 g/mol. The van der Waals surface area contributed by atoms with Crippen LogP contribution in [0.4, 0.5) is 0 Å². The minimum Gasteiger partial charge on any atom is -0.493 e. The molecule has 2 N–H and O–H groups in total. The zero-order valence-corrected chi connectivity index (χ0v) is 15.8. The third-order valence-electron chi connectivity index (χ3n) is 4.67. The summed E-state index contributed by atoms with van der Waals surface area (Å²) in [5, 5.41) is 9.66. The first kappa shape index (κ1) is 19.3. The van der Waals surface area contributed by atoms with Gasteiger partial charge in [0, 0.05) is 25.3 Å². The lowest BCUT2D eigenvalue weighted by Crippen LogP contribution is -2.27. The van der Waals surface area contributed by atoms with Crippen LogP contribution >= 0.6 is 0 Å².